The highest BCUT2D eigenvalue weighted by Gasteiger charge is 2.47. The topological polar surface area (TPSA) is 125 Å². The zero-order valence-electron chi connectivity index (χ0n) is 36.8. The minimum atomic E-state index is -1.53. The highest BCUT2D eigenvalue weighted by atomic mass is 16.7. The van der Waals surface area contributed by atoms with Gasteiger partial charge in [0.1, 0.15) is 29.5 Å². The molecule has 2 heterocycles. The zero-order valence-corrected chi connectivity index (χ0v) is 36.8. The fourth-order valence-electron chi connectivity index (χ4n) is 7.09. The van der Waals surface area contributed by atoms with Gasteiger partial charge in [0.05, 0.1) is 39.6 Å². The number of unbranched alkanes of at least 4 members (excludes halogenated alkanes) is 9. The third kappa shape index (κ3) is 14.7. The quantitative estimate of drug-likeness (QED) is 0.0512. The molecule has 330 valence electrons. The van der Waals surface area contributed by atoms with E-state index in [-0.39, 0.29) is 33.0 Å². The summed E-state index contributed by atoms with van der Waals surface area (Å²) in [6.45, 7) is 12.0. The van der Waals surface area contributed by atoms with Crippen molar-refractivity contribution in [2.45, 2.75) is 131 Å². The van der Waals surface area contributed by atoms with Crippen molar-refractivity contribution in [1.29, 1.82) is 0 Å². The van der Waals surface area contributed by atoms with Crippen molar-refractivity contribution in [3.63, 3.8) is 0 Å². The molecule has 2 saturated heterocycles. The Kier molecular flexibility index (Phi) is 19.8. The van der Waals surface area contributed by atoms with Gasteiger partial charge in [0.25, 0.3) is 0 Å². The van der Waals surface area contributed by atoms with Gasteiger partial charge in [0.2, 0.25) is 0 Å². The molecule has 2 aromatic rings. The van der Waals surface area contributed by atoms with E-state index in [4.69, 9.17) is 37.9 Å². The first-order valence-electron chi connectivity index (χ1n) is 22.1. The van der Waals surface area contributed by atoms with E-state index >= 15 is 0 Å². The van der Waals surface area contributed by atoms with Crippen LogP contribution in [0.5, 0.6) is 0 Å². The monoisotopic (exact) mass is 825 g/mol. The van der Waals surface area contributed by atoms with Gasteiger partial charge in [-0.15, -0.1) is 0 Å². The molecule has 0 amide bonds. The first-order valence-corrected chi connectivity index (χ1v) is 22.1. The van der Waals surface area contributed by atoms with E-state index in [1.165, 1.54) is 51.4 Å². The number of hydrogen-bond acceptors (Lipinski definition) is 11. The van der Waals surface area contributed by atoms with Crippen molar-refractivity contribution in [2.24, 2.45) is 21.7 Å². The van der Waals surface area contributed by atoms with E-state index in [0.717, 1.165) is 36.8 Å². The van der Waals surface area contributed by atoms with E-state index in [2.05, 4.69) is 20.8 Å². The molecule has 0 unspecified atom stereocenters. The van der Waals surface area contributed by atoms with Crippen molar-refractivity contribution in [2.75, 3.05) is 59.5 Å². The highest BCUT2D eigenvalue weighted by molar-refractivity contribution is 5.81. The SMILES string of the molecule is CCCCCCCCCCCCOCC(CC)(CC)COC(=O)C(C)(COC(=O)C1(C)COC(c2ccccc2)OC1)COC(=O)C1(C)COC(c2ccccc2)OC1. The van der Waals surface area contributed by atoms with Crippen LogP contribution in [0.2, 0.25) is 0 Å². The van der Waals surface area contributed by atoms with Crippen LogP contribution in [0.4, 0.5) is 0 Å². The number of carbonyl (C=O) groups is 3. The van der Waals surface area contributed by atoms with Crippen LogP contribution in [-0.4, -0.2) is 77.4 Å². The van der Waals surface area contributed by atoms with E-state index in [1.54, 1.807) is 20.8 Å². The number of carbonyl (C=O) groups excluding carboxylic acids is 3. The van der Waals surface area contributed by atoms with Crippen LogP contribution in [-0.2, 0) is 52.3 Å². The fourth-order valence-corrected chi connectivity index (χ4v) is 7.09. The summed E-state index contributed by atoms with van der Waals surface area (Å²) in [5.41, 5.74) is -2.50. The summed E-state index contributed by atoms with van der Waals surface area (Å²) in [6.07, 6.45) is 12.8. The lowest BCUT2D eigenvalue weighted by molar-refractivity contribution is -0.239. The number of esters is 3. The second-order valence-corrected chi connectivity index (χ2v) is 17.6. The summed E-state index contributed by atoms with van der Waals surface area (Å²) < 4.78 is 47.7. The van der Waals surface area contributed by atoms with Crippen molar-refractivity contribution < 1.29 is 52.3 Å². The maximum Gasteiger partial charge on any atom is 0.318 e. The molecule has 11 heteroatoms. The molecule has 0 N–H and O–H groups in total. The second kappa shape index (κ2) is 24.2. The van der Waals surface area contributed by atoms with Crippen LogP contribution in [0, 0.1) is 21.7 Å². The van der Waals surface area contributed by atoms with E-state index in [1.807, 2.05) is 60.7 Å². The average Bonchev–Trinajstić information content (AvgIpc) is 3.27. The highest BCUT2D eigenvalue weighted by Crippen LogP contribution is 2.36. The molecular formula is C48H72O11. The fraction of sp³-hybridized carbons (Fsp3) is 0.688. The number of rotatable bonds is 26. The molecular weight excluding hydrogens is 753 g/mol. The van der Waals surface area contributed by atoms with Crippen LogP contribution in [0.15, 0.2) is 60.7 Å². The van der Waals surface area contributed by atoms with Gasteiger partial charge in [0, 0.05) is 23.1 Å². The molecule has 0 saturated carbocycles. The minimum Gasteiger partial charge on any atom is -0.464 e. The average molecular weight is 825 g/mol. The molecule has 2 aliphatic rings. The molecule has 0 bridgehead atoms. The largest absolute Gasteiger partial charge is 0.464 e. The molecule has 0 aromatic heterocycles. The summed E-state index contributed by atoms with van der Waals surface area (Å²) in [5, 5.41) is 0. The summed E-state index contributed by atoms with van der Waals surface area (Å²) >= 11 is 0. The zero-order chi connectivity index (χ0) is 42.6. The van der Waals surface area contributed by atoms with Crippen LogP contribution in [0.1, 0.15) is 142 Å². The van der Waals surface area contributed by atoms with Crippen molar-refractivity contribution in [1.82, 2.24) is 0 Å². The first-order chi connectivity index (χ1) is 28.4. The molecule has 2 fully saturated rings. The molecule has 0 radical (unpaired) electrons. The maximum atomic E-state index is 14.1. The smallest absolute Gasteiger partial charge is 0.318 e. The van der Waals surface area contributed by atoms with Crippen molar-refractivity contribution in [3.05, 3.63) is 71.8 Å². The lowest BCUT2D eigenvalue weighted by atomic mass is 9.84. The summed E-state index contributed by atoms with van der Waals surface area (Å²) in [6, 6.07) is 19.0. The molecule has 59 heavy (non-hydrogen) atoms. The normalized spacial score (nSPS) is 23.2. The second-order valence-electron chi connectivity index (χ2n) is 17.6. The van der Waals surface area contributed by atoms with Crippen molar-refractivity contribution >= 4 is 17.9 Å². The third-order valence-electron chi connectivity index (χ3n) is 11.9. The van der Waals surface area contributed by atoms with Gasteiger partial charge in [-0.3, -0.25) is 14.4 Å². The summed E-state index contributed by atoms with van der Waals surface area (Å²) in [4.78, 5) is 41.4. The molecule has 11 nitrogen and oxygen atoms in total. The summed E-state index contributed by atoms with van der Waals surface area (Å²) in [7, 11) is 0. The van der Waals surface area contributed by atoms with E-state index in [0.29, 0.717) is 13.2 Å². The van der Waals surface area contributed by atoms with Crippen LogP contribution >= 0.6 is 0 Å². The lowest BCUT2D eigenvalue weighted by Gasteiger charge is -2.38. The predicted molar refractivity (Wildman–Crippen MR) is 225 cm³/mol. The number of hydrogen-bond donors (Lipinski definition) is 0. The Morgan fingerprint density at radius 3 is 1.39 bits per heavy atom. The Morgan fingerprint density at radius 2 is 0.983 bits per heavy atom. The Morgan fingerprint density at radius 1 is 0.576 bits per heavy atom. The van der Waals surface area contributed by atoms with E-state index < -0.39 is 65.4 Å². The van der Waals surface area contributed by atoms with Gasteiger partial charge in [0.15, 0.2) is 12.6 Å². The molecule has 0 aliphatic carbocycles. The summed E-state index contributed by atoms with van der Waals surface area (Å²) in [5.74, 6) is -1.84. The van der Waals surface area contributed by atoms with Gasteiger partial charge in [-0.2, -0.15) is 0 Å². The van der Waals surface area contributed by atoms with Crippen molar-refractivity contribution in [3.8, 4) is 0 Å². The standard InChI is InChI=1S/C48H72O11/c1-7-10-11-12-13-14-15-16-17-24-29-52-36-48(8-2,9-3)37-59-44(51)47(6,34-57-42(49)45(4)30-53-40(54-31-45)38-25-20-18-21-26-38)35-58-43(50)46(5)32-55-41(56-33-46)39-27-22-19-23-28-39/h18-23,25-28,40-41H,7-17,24,29-37H2,1-6H3. The molecule has 4 rings (SSSR count). The maximum absolute atomic E-state index is 14.1. The molecule has 2 aromatic carbocycles. The lowest BCUT2D eigenvalue weighted by Crippen LogP contribution is -2.48. The van der Waals surface area contributed by atoms with Crippen LogP contribution in [0.25, 0.3) is 0 Å². The van der Waals surface area contributed by atoms with Gasteiger partial charge in [-0.1, -0.05) is 139 Å². The first kappa shape index (κ1) is 48.3. The predicted octanol–water partition coefficient (Wildman–Crippen LogP) is 9.87. The molecule has 0 atom stereocenters. The van der Waals surface area contributed by atoms with Gasteiger partial charge in [-0.25, -0.2) is 0 Å². The third-order valence-corrected chi connectivity index (χ3v) is 11.9. The van der Waals surface area contributed by atoms with Gasteiger partial charge < -0.3 is 37.9 Å². The molecule has 2 aliphatic heterocycles. The molecule has 0 spiro atoms. The minimum absolute atomic E-state index is 0.0541. The Bertz CT molecular complexity index is 1430. The van der Waals surface area contributed by atoms with Crippen LogP contribution < -0.4 is 0 Å². The van der Waals surface area contributed by atoms with Gasteiger partial charge >= 0.3 is 17.9 Å². The Balaban J connectivity index is 1.33. The van der Waals surface area contributed by atoms with Crippen LogP contribution in [0.3, 0.4) is 0 Å². The number of ether oxygens (including phenoxy) is 8. The van der Waals surface area contributed by atoms with E-state index in [9.17, 15) is 14.4 Å². The Labute approximate surface area is 353 Å². The van der Waals surface area contributed by atoms with Gasteiger partial charge in [-0.05, 0) is 40.0 Å². The Hall–Kier alpha value is -3.35. The number of benzene rings is 2.